The van der Waals surface area contributed by atoms with Crippen molar-refractivity contribution in [3.05, 3.63) is 52.0 Å². The smallest absolute Gasteiger partial charge is 0.268 e. The number of benzene rings is 1. The van der Waals surface area contributed by atoms with Gasteiger partial charge in [0, 0.05) is 11.8 Å². The van der Waals surface area contributed by atoms with E-state index in [-0.39, 0.29) is 12.4 Å². The van der Waals surface area contributed by atoms with Gasteiger partial charge < -0.3 is 5.73 Å². The monoisotopic (exact) mass is 254 g/mol. The van der Waals surface area contributed by atoms with Gasteiger partial charge in [0.15, 0.2) is 0 Å². The van der Waals surface area contributed by atoms with E-state index >= 15 is 0 Å². The van der Waals surface area contributed by atoms with E-state index in [4.69, 9.17) is 5.73 Å². The molecule has 3 nitrogen and oxygen atoms in total. The summed E-state index contributed by atoms with van der Waals surface area (Å²) in [6, 6.07) is 10.0. The Balaban J connectivity index is 0.00000128. The van der Waals surface area contributed by atoms with E-state index in [1.165, 1.54) is 16.9 Å². The Bertz CT molecular complexity index is 470. The minimum absolute atomic E-state index is 0. The summed E-state index contributed by atoms with van der Waals surface area (Å²) in [4.78, 5) is 15.0. The molecule has 0 radical (unpaired) electrons. The molecular formula is C11H11ClN2OS. The molecule has 1 heterocycles. The molecule has 16 heavy (non-hydrogen) atoms. The van der Waals surface area contributed by atoms with Crippen LogP contribution in [0.1, 0.15) is 21.1 Å². The molecule has 0 unspecified atom stereocenters. The summed E-state index contributed by atoms with van der Waals surface area (Å²) in [5.74, 6) is -0.467. The fourth-order valence-electron chi connectivity index (χ4n) is 1.28. The van der Waals surface area contributed by atoms with Crippen molar-refractivity contribution in [1.29, 1.82) is 0 Å². The highest BCUT2D eigenvalue weighted by Crippen LogP contribution is 2.14. The molecule has 0 aliphatic carbocycles. The van der Waals surface area contributed by atoms with Crippen molar-refractivity contribution in [2.24, 2.45) is 5.73 Å². The third kappa shape index (κ3) is 3.05. The second-order valence-corrected chi connectivity index (χ2v) is 4.10. The largest absolute Gasteiger partial charge is 0.364 e. The molecule has 5 heteroatoms. The average molecular weight is 255 g/mol. The van der Waals surface area contributed by atoms with Gasteiger partial charge in [-0.1, -0.05) is 30.3 Å². The molecule has 1 amide bonds. The number of hydrogen-bond acceptors (Lipinski definition) is 3. The first-order valence-corrected chi connectivity index (χ1v) is 5.42. The molecular weight excluding hydrogens is 244 g/mol. The summed E-state index contributed by atoms with van der Waals surface area (Å²) in [6.07, 6.45) is 0.749. The molecule has 0 atom stereocenters. The maximum atomic E-state index is 10.8. The fourth-order valence-corrected chi connectivity index (χ4v) is 2.09. The zero-order chi connectivity index (χ0) is 10.7. The highest BCUT2D eigenvalue weighted by molar-refractivity contribution is 7.09. The summed E-state index contributed by atoms with van der Waals surface area (Å²) >= 11 is 1.46. The number of halogens is 1. The number of primary amides is 1. The average Bonchev–Trinajstić information content (AvgIpc) is 2.68. The highest BCUT2D eigenvalue weighted by atomic mass is 35.5. The van der Waals surface area contributed by atoms with E-state index in [2.05, 4.69) is 4.98 Å². The van der Waals surface area contributed by atoms with Gasteiger partial charge in [-0.05, 0) is 5.56 Å². The van der Waals surface area contributed by atoms with Crippen LogP contribution in [-0.4, -0.2) is 10.9 Å². The molecule has 1 aromatic heterocycles. The minimum Gasteiger partial charge on any atom is -0.364 e. The zero-order valence-electron chi connectivity index (χ0n) is 8.42. The number of rotatable bonds is 3. The summed E-state index contributed by atoms with van der Waals surface area (Å²) < 4.78 is 0. The van der Waals surface area contributed by atoms with E-state index in [0.717, 1.165) is 11.4 Å². The normalized spacial score (nSPS) is 9.50. The lowest BCUT2D eigenvalue weighted by Gasteiger charge is -1.95. The van der Waals surface area contributed by atoms with Crippen molar-refractivity contribution in [2.75, 3.05) is 0 Å². The molecule has 0 saturated carbocycles. The van der Waals surface area contributed by atoms with Crippen LogP contribution in [0.15, 0.2) is 35.7 Å². The highest BCUT2D eigenvalue weighted by Gasteiger charge is 2.06. The van der Waals surface area contributed by atoms with Crippen LogP contribution in [0.25, 0.3) is 0 Å². The lowest BCUT2D eigenvalue weighted by molar-refractivity contribution is 0.0996. The van der Waals surface area contributed by atoms with E-state index < -0.39 is 5.91 Å². The first kappa shape index (κ1) is 12.7. The van der Waals surface area contributed by atoms with Gasteiger partial charge in [0.1, 0.15) is 5.69 Å². The van der Waals surface area contributed by atoms with Crippen LogP contribution in [0.3, 0.4) is 0 Å². The predicted molar refractivity (Wildman–Crippen MR) is 67.1 cm³/mol. The van der Waals surface area contributed by atoms with Crippen LogP contribution in [0.4, 0.5) is 0 Å². The third-order valence-corrected chi connectivity index (χ3v) is 2.85. The molecule has 0 saturated heterocycles. The van der Waals surface area contributed by atoms with Gasteiger partial charge in [-0.2, -0.15) is 0 Å². The van der Waals surface area contributed by atoms with Crippen LogP contribution in [0.2, 0.25) is 0 Å². The molecule has 0 bridgehead atoms. The van der Waals surface area contributed by atoms with Gasteiger partial charge in [-0.3, -0.25) is 4.79 Å². The van der Waals surface area contributed by atoms with Crippen LogP contribution in [0, 0.1) is 0 Å². The van der Waals surface area contributed by atoms with Crippen molar-refractivity contribution in [3.63, 3.8) is 0 Å². The Morgan fingerprint density at radius 1 is 1.31 bits per heavy atom. The first-order valence-electron chi connectivity index (χ1n) is 4.54. The Morgan fingerprint density at radius 2 is 2.00 bits per heavy atom. The van der Waals surface area contributed by atoms with Crippen molar-refractivity contribution in [1.82, 2.24) is 4.98 Å². The van der Waals surface area contributed by atoms with Crippen molar-refractivity contribution < 1.29 is 4.79 Å². The second-order valence-electron chi connectivity index (χ2n) is 3.15. The lowest BCUT2D eigenvalue weighted by Crippen LogP contribution is -2.11. The fraction of sp³-hybridized carbons (Fsp3) is 0.0909. The SMILES string of the molecule is Cl.NC(=O)c1csc(Cc2ccccc2)n1. The molecule has 1 aromatic carbocycles. The standard InChI is InChI=1S/C11H10N2OS.ClH/c12-11(14)9-7-15-10(13-9)6-8-4-2-1-3-5-8;/h1-5,7H,6H2,(H2,12,14);1H. The molecule has 2 N–H and O–H groups in total. The van der Waals surface area contributed by atoms with E-state index in [0.29, 0.717) is 5.69 Å². The third-order valence-electron chi connectivity index (χ3n) is 2.00. The number of hydrogen-bond donors (Lipinski definition) is 1. The Hall–Kier alpha value is -1.39. The molecule has 0 aliphatic rings. The van der Waals surface area contributed by atoms with E-state index in [1.54, 1.807) is 5.38 Å². The predicted octanol–water partition coefficient (Wildman–Crippen LogP) is 2.25. The Labute approximate surface area is 104 Å². The van der Waals surface area contributed by atoms with Gasteiger partial charge in [0.25, 0.3) is 5.91 Å². The molecule has 2 aromatic rings. The lowest BCUT2D eigenvalue weighted by atomic mass is 10.2. The number of aromatic nitrogens is 1. The Kier molecular flexibility index (Phi) is 4.46. The number of amides is 1. The molecule has 84 valence electrons. The van der Waals surface area contributed by atoms with Crippen molar-refractivity contribution in [2.45, 2.75) is 6.42 Å². The van der Waals surface area contributed by atoms with Gasteiger partial charge >= 0.3 is 0 Å². The second kappa shape index (κ2) is 5.63. The van der Waals surface area contributed by atoms with Crippen LogP contribution >= 0.6 is 23.7 Å². The molecule has 2 rings (SSSR count). The topological polar surface area (TPSA) is 56.0 Å². The number of nitrogens with zero attached hydrogens (tertiary/aromatic N) is 1. The maximum Gasteiger partial charge on any atom is 0.268 e. The summed E-state index contributed by atoms with van der Waals surface area (Å²) in [7, 11) is 0. The van der Waals surface area contributed by atoms with Gasteiger partial charge in [-0.15, -0.1) is 23.7 Å². The van der Waals surface area contributed by atoms with Gasteiger partial charge in [-0.25, -0.2) is 4.98 Å². The quantitative estimate of drug-likeness (QED) is 0.913. The first-order chi connectivity index (χ1) is 7.25. The van der Waals surface area contributed by atoms with E-state index in [1.807, 2.05) is 30.3 Å². The maximum absolute atomic E-state index is 10.8. The minimum atomic E-state index is -0.467. The van der Waals surface area contributed by atoms with Gasteiger partial charge in [0.2, 0.25) is 0 Å². The van der Waals surface area contributed by atoms with Crippen LogP contribution < -0.4 is 5.73 Å². The molecule has 0 fully saturated rings. The number of carbonyl (C=O) groups excluding carboxylic acids is 1. The number of thiazole rings is 1. The van der Waals surface area contributed by atoms with Crippen LogP contribution in [-0.2, 0) is 6.42 Å². The molecule has 0 aliphatic heterocycles. The number of nitrogens with two attached hydrogens (primary N) is 1. The zero-order valence-corrected chi connectivity index (χ0v) is 10.1. The molecule has 0 spiro atoms. The summed E-state index contributed by atoms with van der Waals surface area (Å²) in [5.41, 5.74) is 6.66. The van der Waals surface area contributed by atoms with Crippen molar-refractivity contribution in [3.8, 4) is 0 Å². The Morgan fingerprint density at radius 3 is 2.56 bits per heavy atom. The summed E-state index contributed by atoms with van der Waals surface area (Å²) in [6.45, 7) is 0. The number of carbonyl (C=O) groups is 1. The van der Waals surface area contributed by atoms with Gasteiger partial charge in [0.05, 0.1) is 5.01 Å². The van der Waals surface area contributed by atoms with Crippen LogP contribution in [0.5, 0.6) is 0 Å². The summed E-state index contributed by atoms with van der Waals surface area (Å²) in [5, 5.41) is 2.61. The van der Waals surface area contributed by atoms with E-state index in [9.17, 15) is 4.79 Å². The van der Waals surface area contributed by atoms with Crippen molar-refractivity contribution >= 4 is 29.7 Å².